The van der Waals surface area contributed by atoms with Crippen molar-refractivity contribution < 1.29 is 22.6 Å². The summed E-state index contributed by atoms with van der Waals surface area (Å²) in [5, 5.41) is 0. The fraction of sp³-hybridized carbons (Fsp3) is 0. The molecule has 0 saturated heterocycles. The first-order chi connectivity index (χ1) is 18.6. The number of nitrogens with one attached hydrogen (secondary N) is 1. The minimum Gasteiger partial charge on any atom is -0.457 e. The van der Waals surface area contributed by atoms with Crippen LogP contribution in [-0.4, -0.2) is 4.21 Å². The van der Waals surface area contributed by atoms with Gasteiger partial charge in [0.15, 0.2) is 0 Å². The van der Waals surface area contributed by atoms with E-state index in [0.29, 0.717) is 45.9 Å². The van der Waals surface area contributed by atoms with Gasteiger partial charge in [0.05, 0.1) is 0 Å². The van der Waals surface area contributed by atoms with Crippen LogP contribution in [-0.2, 0) is 11.3 Å². The van der Waals surface area contributed by atoms with Crippen molar-refractivity contribution in [3.63, 3.8) is 0 Å². The van der Waals surface area contributed by atoms with Gasteiger partial charge in [-0.3, -0.25) is 4.72 Å². The Morgan fingerprint density at radius 3 is 1.32 bits per heavy atom. The van der Waals surface area contributed by atoms with Crippen LogP contribution in [0, 0.1) is 0 Å². The Kier molecular flexibility index (Phi) is 7.72. The summed E-state index contributed by atoms with van der Waals surface area (Å²) in [5.41, 5.74) is 7.00. The van der Waals surface area contributed by atoms with E-state index in [-0.39, 0.29) is 0 Å². The van der Waals surface area contributed by atoms with E-state index in [1.165, 1.54) is 0 Å². The lowest BCUT2D eigenvalue weighted by molar-refractivity contribution is 0.469. The van der Waals surface area contributed by atoms with Crippen molar-refractivity contribution in [2.24, 2.45) is 0 Å². The Morgan fingerprint density at radius 1 is 0.474 bits per heavy atom. The van der Waals surface area contributed by atoms with E-state index in [2.05, 4.69) is 4.72 Å². The van der Waals surface area contributed by atoms with E-state index in [0.717, 1.165) is 5.75 Å². The third kappa shape index (κ3) is 7.05. The van der Waals surface area contributed by atoms with Gasteiger partial charge in [0.1, 0.15) is 40.2 Å². The SMILES string of the molecule is Nc1ccc(Oc2ccc(Oc3ccc(NS(=O)Oc4ccc(Oc5ccccc5)cc4)cc3)cc2)cc1. The van der Waals surface area contributed by atoms with Crippen LogP contribution in [0.25, 0.3) is 0 Å². The van der Waals surface area contributed by atoms with Crippen LogP contribution < -0.4 is 28.8 Å². The number of rotatable bonds is 10. The quantitative estimate of drug-likeness (QED) is 0.182. The normalized spacial score (nSPS) is 11.3. The van der Waals surface area contributed by atoms with Crippen molar-refractivity contribution in [2.75, 3.05) is 10.5 Å². The Hall–Kier alpha value is -4.95. The molecule has 0 fully saturated rings. The third-order valence-electron chi connectivity index (χ3n) is 5.21. The lowest BCUT2D eigenvalue weighted by atomic mass is 10.3. The predicted molar refractivity (Wildman–Crippen MR) is 149 cm³/mol. The van der Waals surface area contributed by atoms with Gasteiger partial charge in [-0.1, -0.05) is 18.2 Å². The van der Waals surface area contributed by atoms with Crippen LogP contribution in [0.3, 0.4) is 0 Å². The lowest BCUT2D eigenvalue weighted by Gasteiger charge is -2.10. The fourth-order valence-corrected chi connectivity index (χ4v) is 4.02. The van der Waals surface area contributed by atoms with Gasteiger partial charge < -0.3 is 24.1 Å². The molecule has 0 spiro atoms. The smallest absolute Gasteiger partial charge is 0.316 e. The molecule has 0 aliphatic rings. The van der Waals surface area contributed by atoms with Gasteiger partial charge in [0.2, 0.25) is 0 Å². The molecule has 0 bridgehead atoms. The van der Waals surface area contributed by atoms with Crippen molar-refractivity contribution in [3.05, 3.63) is 127 Å². The maximum atomic E-state index is 12.4. The number of hydrogen-bond donors (Lipinski definition) is 2. The summed E-state index contributed by atoms with van der Waals surface area (Å²) in [6.07, 6.45) is 0. The number of para-hydroxylation sites is 1. The second-order valence-electron chi connectivity index (χ2n) is 8.08. The van der Waals surface area contributed by atoms with Gasteiger partial charge in [-0.25, -0.2) is 0 Å². The van der Waals surface area contributed by atoms with Crippen molar-refractivity contribution in [1.82, 2.24) is 0 Å². The van der Waals surface area contributed by atoms with Crippen molar-refractivity contribution >= 4 is 22.6 Å². The van der Waals surface area contributed by atoms with E-state index < -0.39 is 11.3 Å². The molecule has 0 heterocycles. The molecule has 38 heavy (non-hydrogen) atoms. The summed E-state index contributed by atoms with van der Waals surface area (Å²) in [6.45, 7) is 0. The average Bonchev–Trinajstić information content (AvgIpc) is 2.94. The number of anilines is 2. The molecule has 0 saturated carbocycles. The fourth-order valence-electron chi connectivity index (χ4n) is 3.37. The Balaban J connectivity index is 1.10. The summed E-state index contributed by atoms with van der Waals surface area (Å²) in [4.78, 5) is 0. The molecule has 1 unspecified atom stereocenters. The summed E-state index contributed by atoms with van der Waals surface area (Å²) >= 11 is -1.78. The summed E-state index contributed by atoms with van der Waals surface area (Å²) < 4.78 is 38.1. The highest BCUT2D eigenvalue weighted by molar-refractivity contribution is 7.81. The van der Waals surface area contributed by atoms with E-state index in [1.54, 1.807) is 60.7 Å². The monoisotopic (exact) mass is 524 g/mol. The van der Waals surface area contributed by atoms with Gasteiger partial charge in [0, 0.05) is 11.4 Å². The molecule has 8 heteroatoms. The van der Waals surface area contributed by atoms with Crippen LogP contribution in [0.5, 0.6) is 40.2 Å². The molecule has 7 nitrogen and oxygen atoms in total. The molecule has 3 N–H and O–H groups in total. The predicted octanol–water partition coefficient (Wildman–Crippen LogP) is 7.72. The zero-order valence-electron chi connectivity index (χ0n) is 20.2. The minimum atomic E-state index is -1.78. The number of nitrogens with two attached hydrogens (primary N) is 1. The summed E-state index contributed by atoms with van der Waals surface area (Å²) in [6, 6.07) is 37.9. The van der Waals surface area contributed by atoms with Crippen LogP contribution >= 0.6 is 0 Å². The molecule has 0 aliphatic heterocycles. The zero-order chi connectivity index (χ0) is 26.2. The Bertz CT molecular complexity index is 1480. The molecular weight excluding hydrogens is 500 g/mol. The first-order valence-corrected chi connectivity index (χ1v) is 12.8. The average molecular weight is 525 g/mol. The van der Waals surface area contributed by atoms with Crippen LogP contribution in [0.2, 0.25) is 0 Å². The molecule has 0 aliphatic carbocycles. The first kappa shape index (κ1) is 24.7. The molecule has 1 atom stereocenters. The molecule has 5 rings (SSSR count). The summed E-state index contributed by atoms with van der Waals surface area (Å²) in [7, 11) is 0. The van der Waals surface area contributed by atoms with Gasteiger partial charge in [-0.05, 0) is 109 Å². The van der Waals surface area contributed by atoms with E-state index >= 15 is 0 Å². The van der Waals surface area contributed by atoms with Crippen molar-refractivity contribution in [1.29, 1.82) is 0 Å². The zero-order valence-corrected chi connectivity index (χ0v) is 21.0. The van der Waals surface area contributed by atoms with Crippen molar-refractivity contribution in [3.8, 4) is 40.2 Å². The topological polar surface area (TPSA) is 92.0 Å². The molecular formula is C30H24N2O5S. The lowest BCUT2D eigenvalue weighted by Crippen LogP contribution is -2.10. The van der Waals surface area contributed by atoms with Crippen LogP contribution in [0.1, 0.15) is 0 Å². The molecule has 0 aromatic heterocycles. The molecule has 5 aromatic rings. The van der Waals surface area contributed by atoms with E-state index in [4.69, 9.17) is 24.1 Å². The minimum absolute atomic E-state index is 0.444. The van der Waals surface area contributed by atoms with Gasteiger partial charge in [0.25, 0.3) is 0 Å². The maximum absolute atomic E-state index is 12.4. The van der Waals surface area contributed by atoms with Crippen molar-refractivity contribution in [2.45, 2.75) is 0 Å². The number of hydrogen-bond acceptors (Lipinski definition) is 6. The second kappa shape index (κ2) is 11.9. The molecule has 190 valence electrons. The largest absolute Gasteiger partial charge is 0.457 e. The van der Waals surface area contributed by atoms with E-state index in [9.17, 15) is 4.21 Å². The molecule has 0 radical (unpaired) electrons. The number of ether oxygens (including phenoxy) is 3. The van der Waals surface area contributed by atoms with Crippen LogP contribution in [0.4, 0.5) is 11.4 Å². The van der Waals surface area contributed by atoms with Crippen LogP contribution in [0.15, 0.2) is 127 Å². The standard InChI is InChI=1S/C30H24N2O5S/c31-22-6-10-25(11-7-22)35-27-14-16-28(17-15-27)36-26-12-8-23(9-13-26)32-38(33)37-30-20-18-29(19-21-30)34-24-4-2-1-3-5-24/h1-21,32H,31H2. The van der Waals surface area contributed by atoms with E-state index in [1.807, 2.05) is 66.7 Å². The van der Waals surface area contributed by atoms with Gasteiger partial charge in [-0.15, -0.1) is 0 Å². The third-order valence-corrected chi connectivity index (χ3v) is 5.95. The van der Waals surface area contributed by atoms with Gasteiger partial charge in [-0.2, -0.15) is 4.21 Å². The molecule has 5 aromatic carbocycles. The molecule has 0 amide bonds. The number of nitrogen functional groups attached to an aromatic ring is 1. The summed E-state index contributed by atoms with van der Waals surface area (Å²) in [5.74, 6) is 4.50. The maximum Gasteiger partial charge on any atom is 0.316 e. The number of benzene rings is 5. The highest BCUT2D eigenvalue weighted by Crippen LogP contribution is 2.28. The highest BCUT2D eigenvalue weighted by atomic mass is 32.2. The first-order valence-electron chi connectivity index (χ1n) is 11.7. The Morgan fingerprint density at radius 2 is 0.842 bits per heavy atom. The van der Waals surface area contributed by atoms with Gasteiger partial charge >= 0.3 is 11.3 Å². The second-order valence-corrected chi connectivity index (χ2v) is 8.92. The Labute approximate surface area is 223 Å². The highest BCUT2D eigenvalue weighted by Gasteiger charge is 2.06.